The van der Waals surface area contributed by atoms with E-state index in [2.05, 4.69) is 15.6 Å². The van der Waals surface area contributed by atoms with E-state index in [1.807, 2.05) is 43.3 Å². The fourth-order valence-electron chi connectivity index (χ4n) is 1.92. The Hall–Kier alpha value is -2.20. The molecule has 0 aliphatic carbocycles. The quantitative estimate of drug-likeness (QED) is 0.825. The lowest BCUT2D eigenvalue weighted by molar-refractivity contribution is 0.102. The van der Waals surface area contributed by atoms with Gasteiger partial charge in [-0.2, -0.15) is 0 Å². The van der Waals surface area contributed by atoms with E-state index in [0.717, 1.165) is 17.7 Å². The van der Waals surface area contributed by atoms with Crippen molar-refractivity contribution in [1.29, 1.82) is 0 Å². The molecule has 4 heteroatoms. The van der Waals surface area contributed by atoms with Gasteiger partial charge in [0.05, 0.1) is 0 Å². The van der Waals surface area contributed by atoms with Gasteiger partial charge in [0.15, 0.2) is 0 Å². The van der Waals surface area contributed by atoms with Crippen molar-refractivity contribution in [2.45, 2.75) is 13.0 Å². The first kappa shape index (κ1) is 11.9. The Labute approximate surface area is 111 Å². The van der Waals surface area contributed by atoms with Crippen LogP contribution in [-0.4, -0.2) is 17.4 Å². The molecule has 3 rings (SSSR count). The Morgan fingerprint density at radius 2 is 2.05 bits per heavy atom. The van der Waals surface area contributed by atoms with Crippen LogP contribution in [0.1, 0.15) is 27.5 Å². The van der Waals surface area contributed by atoms with Crippen molar-refractivity contribution in [2.75, 3.05) is 11.9 Å². The zero-order valence-corrected chi connectivity index (χ0v) is 10.7. The summed E-state index contributed by atoms with van der Waals surface area (Å²) in [5, 5.41) is 6.05. The molecule has 0 radical (unpaired) electrons. The topological polar surface area (TPSA) is 63.9 Å². The van der Waals surface area contributed by atoms with Crippen LogP contribution in [0.25, 0.3) is 0 Å². The molecule has 1 unspecified atom stereocenters. The van der Waals surface area contributed by atoms with Gasteiger partial charge in [-0.25, -0.2) is 4.98 Å². The average Bonchev–Trinajstić information content (AvgIpc) is 3.24. The van der Waals surface area contributed by atoms with Gasteiger partial charge in [0.25, 0.3) is 5.91 Å². The summed E-state index contributed by atoms with van der Waals surface area (Å²) in [4.78, 5) is 16.2. The number of rotatable bonds is 3. The number of aromatic nitrogens is 1. The Morgan fingerprint density at radius 3 is 2.74 bits per heavy atom. The molecule has 0 spiro atoms. The monoisotopic (exact) mass is 253 g/mol. The highest BCUT2D eigenvalue weighted by atomic mass is 16.1. The van der Waals surface area contributed by atoms with Gasteiger partial charge in [0.2, 0.25) is 0 Å². The summed E-state index contributed by atoms with van der Waals surface area (Å²) in [5.74, 6) is 0.463. The second-order valence-electron chi connectivity index (χ2n) is 4.76. The van der Waals surface area contributed by atoms with Crippen LogP contribution in [0.2, 0.25) is 0 Å². The fourth-order valence-corrected chi connectivity index (χ4v) is 1.92. The number of hydrogen-bond acceptors (Lipinski definition) is 3. The third kappa shape index (κ3) is 2.80. The minimum atomic E-state index is -0.131. The van der Waals surface area contributed by atoms with Crippen LogP contribution in [0.15, 0.2) is 42.6 Å². The summed E-state index contributed by atoms with van der Waals surface area (Å²) in [7, 11) is 0. The summed E-state index contributed by atoms with van der Waals surface area (Å²) in [5.41, 5.74) is 2.94. The molecule has 1 atom stereocenters. The van der Waals surface area contributed by atoms with Gasteiger partial charge in [-0.05, 0) is 36.8 Å². The van der Waals surface area contributed by atoms with E-state index in [4.69, 9.17) is 0 Å². The van der Waals surface area contributed by atoms with Gasteiger partial charge in [-0.1, -0.05) is 17.7 Å². The highest BCUT2D eigenvalue weighted by Gasteiger charge is 2.22. The lowest BCUT2D eigenvalue weighted by atomic mass is 10.1. The molecule has 1 fully saturated rings. The van der Waals surface area contributed by atoms with Gasteiger partial charge in [0.1, 0.15) is 5.82 Å². The molecular formula is C15H15N3O. The molecule has 0 saturated carbocycles. The molecule has 1 aliphatic heterocycles. The largest absolute Gasteiger partial charge is 0.307 e. The van der Waals surface area contributed by atoms with Crippen molar-refractivity contribution in [3.8, 4) is 0 Å². The standard InChI is InChI=1S/C15H15N3O/c1-10-2-4-11(5-3-10)15(19)18-14-8-12(6-7-16-14)13-9-17-13/h2-8,13,17H,9H2,1H3,(H,16,18,19). The lowest BCUT2D eigenvalue weighted by Crippen LogP contribution is -2.13. The fraction of sp³-hybridized carbons (Fsp3) is 0.200. The Morgan fingerprint density at radius 1 is 1.32 bits per heavy atom. The summed E-state index contributed by atoms with van der Waals surface area (Å²) in [6.07, 6.45) is 1.72. The van der Waals surface area contributed by atoms with Crippen LogP contribution in [0.3, 0.4) is 0 Å². The summed E-state index contributed by atoms with van der Waals surface area (Å²) in [6, 6.07) is 11.8. The SMILES string of the molecule is Cc1ccc(C(=O)Nc2cc(C3CN3)ccn2)cc1. The molecule has 1 amide bonds. The molecule has 0 bridgehead atoms. The minimum absolute atomic E-state index is 0.131. The zero-order valence-electron chi connectivity index (χ0n) is 10.7. The molecular weight excluding hydrogens is 238 g/mol. The molecule has 1 aromatic carbocycles. The number of hydrogen-bond donors (Lipinski definition) is 2. The first-order valence-corrected chi connectivity index (χ1v) is 6.30. The lowest BCUT2D eigenvalue weighted by Gasteiger charge is -2.06. The smallest absolute Gasteiger partial charge is 0.256 e. The van der Waals surface area contributed by atoms with E-state index in [9.17, 15) is 4.79 Å². The van der Waals surface area contributed by atoms with Crippen molar-refractivity contribution in [3.05, 3.63) is 59.3 Å². The zero-order chi connectivity index (χ0) is 13.2. The first-order valence-electron chi connectivity index (χ1n) is 6.30. The summed E-state index contributed by atoms with van der Waals surface area (Å²) in [6.45, 7) is 2.99. The molecule has 1 saturated heterocycles. The van der Waals surface area contributed by atoms with E-state index in [1.54, 1.807) is 6.20 Å². The molecule has 2 N–H and O–H groups in total. The second-order valence-corrected chi connectivity index (χ2v) is 4.76. The van der Waals surface area contributed by atoms with Crippen molar-refractivity contribution < 1.29 is 4.79 Å². The highest BCUT2D eigenvalue weighted by Crippen LogP contribution is 2.22. The van der Waals surface area contributed by atoms with E-state index in [-0.39, 0.29) is 5.91 Å². The highest BCUT2D eigenvalue weighted by molar-refractivity contribution is 6.03. The molecule has 1 aromatic heterocycles. The third-order valence-electron chi connectivity index (χ3n) is 3.15. The number of carbonyl (C=O) groups excluding carboxylic acids is 1. The van der Waals surface area contributed by atoms with Crippen LogP contribution in [0.4, 0.5) is 5.82 Å². The van der Waals surface area contributed by atoms with Gasteiger partial charge < -0.3 is 10.6 Å². The maximum atomic E-state index is 12.1. The maximum Gasteiger partial charge on any atom is 0.256 e. The number of benzene rings is 1. The van der Waals surface area contributed by atoms with Crippen molar-refractivity contribution >= 4 is 11.7 Å². The number of nitrogens with zero attached hydrogens (tertiary/aromatic N) is 1. The Kier molecular flexibility index (Phi) is 3.01. The van der Waals surface area contributed by atoms with Crippen molar-refractivity contribution in [3.63, 3.8) is 0 Å². The Balaban J connectivity index is 1.75. The predicted octanol–water partition coefficient (Wildman–Crippen LogP) is 2.29. The Bertz CT molecular complexity index is 603. The second kappa shape index (κ2) is 4.82. The number of amides is 1. The molecule has 19 heavy (non-hydrogen) atoms. The summed E-state index contributed by atoms with van der Waals surface area (Å²) < 4.78 is 0. The van der Waals surface area contributed by atoms with E-state index >= 15 is 0 Å². The van der Waals surface area contributed by atoms with Crippen LogP contribution in [-0.2, 0) is 0 Å². The average molecular weight is 253 g/mol. The third-order valence-corrected chi connectivity index (χ3v) is 3.15. The molecule has 2 aromatic rings. The van der Waals surface area contributed by atoms with Crippen molar-refractivity contribution in [1.82, 2.24) is 10.3 Å². The number of pyridine rings is 1. The van der Waals surface area contributed by atoms with Crippen LogP contribution >= 0.6 is 0 Å². The predicted molar refractivity (Wildman–Crippen MR) is 74.1 cm³/mol. The van der Waals surface area contributed by atoms with E-state index < -0.39 is 0 Å². The van der Waals surface area contributed by atoms with E-state index in [0.29, 0.717) is 17.4 Å². The molecule has 96 valence electrons. The minimum Gasteiger partial charge on any atom is -0.307 e. The van der Waals surface area contributed by atoms with Gasteiger partial charge in [0, 0.05) is 24.3 Å². The van der Waals surface area contributed by atoms with Crippen molar-refractivity contribution in [2.24, 2.45) is 0 Å². The molecule has 4 nitrogen and oxygen atoms in total. The normalized spacial score (nSPS) is 17.0. The first-order chi connectivity index (χ1) is 9.22. The maximum absolute atomic E-state index is 12.1. The number of aryl methyl sites for hydroxylation is 1. The summed E-state index contributed by atoms with van der Waals surface area (Å²) >= 11 is 0. The molecule has 2 heterocycles. The van der Waals surface area contributed by atoms with Crippen LogP contribution in [0.5, 0.6) is 0 Å². The number of anilines is 1. The number of nitrogens with one attached hydrogen (secondary N) is 2. The van der Waals surface area contributed by atoms with Gasteiger partial charge in [-0.15, -0.1) is 0 Å². The van der Waals surface area contributed by atoms with Gasteiger partial charge in [-0.3, -0.25) is 4.79 Å². The number of carbonyl (C=O) groups is 1. The van der Waals surface area contributed by atoms with Gasteiger partial charge >= 0.3 is 0 Å². The van der Waals surface area contributed by atoms with Crippen LogP contribution < -0.4 is 10.6 Å². The van der Waals surface area contributed by atoms with E-state index in [1.165, 1.54) is 0 Å². The molecule has 1 aliphatic rings. The van der Waals surface area contributed by atoms with Crippen LogP contribution in [0, 0.1) is 6.92 Å².